The second-order valence-corrected chi connectivity index (χ2v) is 5.03. The Morgan fingerprint density at radius 3 is 2.47 bits per heavy atom. The Labute approximate surface area is 90.1 Å². The van der Waals surface area contributed by atoms with Crippen molar-refractivity contribution < 1.29 is 4.42 Å². The Kier molecular flexibility index (Phi) is 2.31. The molecule has 0 radical (unpaired) electrons. The number of rotatable bonds is 1. The fourth-order valence-electron chi connectivity index (χ4n) is 1.58. The average Bonchev–Trinajstić information content (AvgIpc) is 2.58. The van der Waals surface area contributed by atoms with Crippen molar-refractivity contribution in [2.75, 3.05) is 0 Å². The lowest BCUT2D eigenvalue weighted by Crippen LogP contribution is -2.25. The van der Waals surface area contributed by atoms with Crippen molar-refractivity contribution in [3.8, 4) is 0 Å². The number of hydrogen-bond acceptors (Lipinski definition) is 2. The van der Waals surface area contributed by atoms with Gasteiger partial charge in [0, 0.05) is 5.39 Å². The lowest BCUT2D eigenvalue weighted by molar-refractivity contribution is 0.290. The fraction of sp³-hybridized carbons (Fsp3) is 0.385. The summed E-state index contributed by atoms with van der Waals surface area (Å²) >= 11 is 0. The number of para-hydroxylation sites is 1. The lowest BCUT2D eigenvalue weighted by atomic mass is 9.86. The second kappa shape index (κ2) is 3.38. The molecule has 2 aromatic rings. The number of benzene rings is 1. The van der Waals surface area contributed by atoms with Crippen LogP contribution in [0.5, 0.6) is 0 Å². The van der Waals surface area contributed by atoms with Crippen molar-refractivity contribution in [2.45, 2.75) is 26.8 Å². The van der Waals surface area contributed by atoms with Crippen LogP contribution < -0.4 is 5.73 Å². The number of hydrogen-bond donors (Lipinski definition) is 1. The third-order valence-electron chi connectivity index (χ3n) is 2.68. The predicted molar refractivity (Wildman–Crippen MR) is 62.6 cm³/mol. The summed E-state index contributed by atoms with van der Waals surface area (Å²) in [6, 6.07) is 9.95. The minimum atomic E-state index is -0.0649. The van der Waals surface area contributed by atoms with Crippen LogP contribution in [0.25, 0.3) is 11.0 Å². The average molecular weight is 203 g/mol. The largest absolute Gasteiger partial charge is 0.459 e. The first-order chi connectivity index (χ1) is 6.98. The molecule has 0 bridgehead atoms. The Hall–Kier alpha value is -1.28. The number of fused-ring (bicyclic) bond motifs is 1. The standard InChI is InChI=1S/C13H17NO/c1-13(2,3)12(14)11-8-9-6-4-5-7-10(9)15-11/h4-8,12H,14H2,1-3H3/t12-/m1/s1. The zero-order valence-electron chi connectivity index (χ0n) is 9.45. The highest BCUT2D eigenvalue weighted by Crippen LogP contribution is 2.33. The number of furan rings is 1. The molecule has 1 atom stereocenters. The van der Waals surface area contributed by atoms with E-state index in [0.717, 1.165) is 16.7 Å². The van der Waals surface area contributed by atoms with Gasteiger partial charge in [0.15, 0.2) is 0 Å². The van der Waals surface area contributed by atoms with Crippen LogP contribution in [0.1, 0.15) is 32.6 Å². The van der Waals surface area contributed by atoms with E-state index in [1.54, 1.807) is 0 Å². The summed E-state index contributed by atoms with van der Waals surface area (Å²) in [6.45, 7) is 6.35. The molecular weight excluding hydrogens is 186 g/mol. The Morgan fingerprint density at radius 1 is 1.20 bits per heavy atom. The van der Waals surface area contributed by atoms with Crippen LogP contribution in [0.15, 0.2) is 34.7 Å². The van der Waals surface area contributed by atoms with Gasteiger partial charge >= 0.3 is 0 Å². The van der Waals surface area contributed by atoms with Crippen LogP contribution in [0.4, 0.5) is 0 Å². The van der Waals surface area contributed by atoms with Gasteiger partial charge in [0.2, 0.25) is 0 Å². The van der Waals surface area contributed by atoms with E-state index in [4.69, 9.17) is 10.2 Å². The summed E-state index contributed by atoms with van der Waals surface area (Å²) in [5, 5.41) is 1.12. The summed E-state index contributed by atoms with van der Waals surface area (Å²) in [4.78, 5) is 0. The van der Waals surface area contributed by atoms with E-state index in [9.17, 15) is 0 Å². The maximum absolute atomic E-state index is 6.14. The summed E-state index contributed by atoms with van der Waals surface area (Å²) in [5.74, 6) is 0.865. The minimum absolute atomic E-state index is 0.0217. The van der Waals surface area contributed by atoms with Gasteiger partial charge in [-0.2, -0.15) is 0 Å². The quantitative estimate of drug-likeness (QED) is 0.770. The number of nitrogens with two attached hydrogens (primary N) is 1. The highest BCUT2D eigenvalue weighted by atomic mass is 16.3. The molecule has 0 saturated heterocycles. The Bertz CT molecular complexity index is 432. The molecule has 2 N–H and O–H groups in total. The van der Waals surface area contributed by atoms with Crippen LogP contribution >= 0.6 is 0 Å². The van der Waals surface area contributed by atoms with E-state index in [1.165, 1.54) is 0 Å². The van der Waals surface area contributed by atoms with Gasteiger partial charge in [-0.1, -0.05) is 39.0 Å². The van der Waals surface area contributed by atoms with Crippen molar-refractivity contribution >= 4 is 11.0 Å². The smallest absolute Gasteiger partial charge is 0.134 e. The molecule has 0 fully saturated rings. The zero-order chi connectivity index (χ0) is 11.1. The van der Waals surface area contributed by atoms with Gasteiger partial charge < -0.3 is 10.2 Å². The summed E-state index contributed by atoms with van der Waals surface area (Å²) in [7, 11) is 0. The molecule has 2 rings (SSSR count). The molecule has 1 aromatic carbocycles. The van der Waals surface area contributed by atoms with Crippen molar-refractivity contribution in [2.24, 2.45) is 11.1 Å². The molecule has 0 spiro atoms. The highest BCUT2D eigenvalue weighted by molar-refractivity contribution is 5.77. The van der Waals surface area contributed by atoms with Gasteiger partial charge in [-0.25, -0.2) is 0 Å². The monoisotopic (exact) mass is 203 g/mol. The molecule has 1 heterocycles. The maximum Gasteiger partial charge on any atom is 0.134 e. The lowest BCUT2D eigenvalue weighted by Gasteiger charge is -2.24. The van der Waals surface area contributed by atoms with Crippen molar-refractivity contribution in [3.05, 3.63) is 36.1 Å². The van der Waals surface area contributed by atoms with E-state index in [0.29, 0.717) is 0 Å². The van der Waals surface area contributed by atoms with Crippen molar-refractivity contribution in [1.82, 2.24) is 0 Å². The highest BCUT2D eigenvalue weighted by Gasteiger charge is 2.25. The molecule has 80 valence electrons. The SMILES string of the molecule is CC(C)(C)[C@H](N)c1cc2ccccc2o1. The van der Waals surface area contributed by atoms with Crippen LogP contribution in [0.2, 0.25) is 0 Å². The van der Waals surface area contributed by atoms with Gasteiger partial charge in [0.05, 0.1) is 6.04 Å². The van der Waals surface area contributed by atoms with Crippen molar-refractivity contribution in [3.63, 3.8) is 0 Å². The van der Waals surface area contributed by atoms with E-state index < -0.39 is 0 Å². The van der Waals surface area contributed by atoms with Crippen LogP contribution in [0.3, 0.4) is 0 Å². The third-order valence-corrected chi connectivity index (χ3v) is 2.68. The summed E-state index contributed by atoms with van der Waals surface area (Å²) < 4.78 is 5.73. The Balaban J connectivity index is 2.45. The molecule has 0 unspecified atom stereocenters. The zero-order valence-corrected chi connectivity index (χ0v) is 9.45. The molecule has 2 heteroatoms. The summed E-state index contributed by atoms with van der Waals surface area (Å²) in [6.07, 6.45) is 0. The molecular formula is C13H17NO. The van der Waals surface area contributed by atoms with Gasteiger partial charge in [0.1, 0.15) is 11.3 Å². The third kappa shape index (κ3) is 1.90. The van der Waals surface area contributed by atoms with E-state index in [1.807, 2.05) is 30.3 Å². The van der Waals surface area contributed by atoms with Crippen molar-refractivity contribution in [1.29, 1.82) is 0 Å². The summed E-state index contributed by atoms with van der Waals surface area (Å²) in [5.41, 5.74) is 7.07. The molecule has 1 aromatic heterocycles. The minimum Gasteiger partial charge on any atom is -0.459 e. The topological polar surface area (TPSA) is 39.2 Å². The van der Waals surface area contributed by atoms with Gasteiger partial charge in [-0.3, -0.25) is 0 Å². The second-order valence-electron chi connectivity index (χ2n) is 5.03. The Morgan fingerprint density at radius 2 is 1.87 bits per heavy atom. The molecule has 0 aliphatic carbocycles. The first-order valence-corrected chi connectivity index (χ1v) is 5.22. The molecule has 0 aliphatic heterocycles. The molecule has 15 heavy (non-hydrogen) atoms. The molecule has 0 aliphatic rings. The van der Waals surface area contributed by atoms with Gasteiger partial charge in [0.25, 0.3) is 0 Å². The first kappa shape index (κ1) is 10.2. The predicted octanol–water partition coefficient (Wildman–Crippen LogP) is 3.48. The van der Waals surface area contributed by atoms with E-state index >= 15 is 0 Å². The molecule has 2 nitrogen and oxygen atoms in total. The van der Waals surface area contributed by atoms with E-state index in [2.05, 4.69) is 20.8 Å². The normalized spacial score (nSPS) is 14.4. The molecule has 0 saturated carbocycles. The van der Waals surface area contributed by atoms with Crippen LogP contribution in [-0.2, 0) is 0 Å². The fourth-order valence-corrected chi connectivity index (χ4v) is 1.58. The van der Waals surface area contributed by atoms with E-state index in [-0.39, 0.29) is 11.5 Å². The maximum atomic E-state index is 6.14. The van der Waals surface area contributed by atoms with Gasteiger partial charge in [-0.05, 0) is 17.5 Å². The molecule has 0 amide bonds. The van der Waals surface area contributed by atoms with Crippen LogP contribution in [-0.4, -0.2) is 0 Å². The van der Waals surface area contributed by atoms with Crippen LogP contribution in [0, 0.1) is 5.41 Å². The van der Waals surface area contributed by atoms with Gasteiger partial charge in [-0.15, -0.1) is 0 Å². The first-order valence-electron chi connectivity index (χ1n) is 5.22.